The van der Waals surface area contributed by atoms with Crippen LogP contribution in [0.4, 0.5) is 0 Å². The zero-order valence-corrected chi connectivity index (χ0v) is 13.2. The van der Waals surface area contributed by atoms with Gasteiger partial charge in [0.1, 0.15) is 0 Å². The summed E-state index contributed by atoms with van der Waals surface area (Å²) >= 11 is 0. The molecule has 2 aliphatic carbocycles. The van der Waals surface area contributed by atoms with Crippen molar-refractivity contribution in [2.45, 2.75) is 38.5 Å². The molecule has 0 aliphatic heterocycles. The standard InChI is InChI=1S/C22H22/c1-16-8-6-9-17(16)10-7-15-22-20-13-4-2-11-18(20)19-12-3-5-14-21(19)22/h2-6,8,11-14,22H,7,9-10,15H2,1H3. The van der Waals surface area contributed by atoms with Gasteiger partial charge in [0.2, 0.25) is 0 Å². The Kier molecular flexibility index (Phi) is 3.46. The van der Waals surface area contributed by atoms with Crippen LogP contribution in [-0.2, 0) is 0 Å². The normalized spacial score (nSPS) is 16.2. The molecule has 22 heavy (non-hydrogen) atoms. The van der Waals surface area contributed by atoms with Gasteiger partial charge in [0.25, 0.3) is 0 Å². The molecule has 0 radical (unpaired) electrons. The third-order valence-electron chi connectivity index (χ3n) is 5.22. The Bertz CT molecular complexity index is 716. The lowest BCUT2D eigenvalue weighted by atomic mass is 9.90. The third kappa shape index (κ3) is 2.23. The Balaban J connectivity index is 1.56. The van der Waals surface area contributed by atoms with Crippen LogP contribution in [0.2, 0.25) is 0 Å². The highest BCUT2D eigenvalue weighted by Crippen LogP contribution is 2.46. The minimum Gasteiger partial charge on any atom is -0.0802 e. The quantitative estimate of drug-likeness (QED) is 0.623. The SMILES string of the molecule is CC1=C(CCCC2c3ccccc3-c3ccccc32)CC=C1. The Morgan fingerprint density at radius 2 is 1.55 bits per heavy atom. The largest absolute Gasteiger partial charge is 0.0802 e. The minimum atomic E-state index is 0.586. The van der Waals surface area contributed by atoms with E-state index in [1.807, 2.05) is 0 Å². The first kappa shape index (κ1) is 13.6. The van der Waals surface area contributed by atoms with E-state index in [4.69, 9.17) is 0 Å². The minimum absolute atomic E-state index is 0.586. The molecular formula is C22H22. The van der Waals surface area contributed by atoms with Gasteiger partial charge in [0.05, 0.1) is 0 Å². The predicted octanol–water partition coefficient (Wildman–Crippen LogP) is 6.25. The highest BCUT2D eigenvalue weighted by molar-refractivity contribution is 5.78. The fourth-order valence-electron chi connectivity index (χ4n) is 4.05. The van der Waals surface area contributed by atoms with Crippen LogP contribution >= 0.6 is 0 Å². The molecule has 0 fully saturated rings. The summed E-state index contributed by atoms with van der Waals surface area (Å²) < 4.78 is 0. The lowest BCUT2D eigenvalue weighted by molar-refractivity contribution is 0.664. The van der Waals surface area contributed by atoms with Gasteiger partial charge in [0, 0.05) is 5.92 Å². The maximum atomic E-state index is 2.32. The van der Waals surface area contributed by atoms with Crippen LogP contribution in [0.1, 0.15) is 49.7 Å². The molecule has 0 nitrogen and oxygen atoms in total. The molecule has 0 aromatic heterocycles. The van der Waals surface area contributed by atoms with Gasteiger partial charge in [-0.15, -0.1) is 0 Å². The number of fused-ring (bicyclic) bond motifs is 3. The Morgan fingerprint density at radius 1 is 0.909 bits per heavy atom. The first-order valence-electron chi connectivity index (χ1n) is 8.38. The average molecular weight is 286 g/mol. The van der Waals surface area contributed by atoms with Gasteiger partial charge < -0.3 is 0 Å². The fraction of sp³-hybridized carbons (Fsp3) is 0.273. The first-order chi connectivity index (χ1) is 10.8. The Morgan fingerprint density at radius 3 is 2.14 bits per heavy atom. The summed E-state index contributed by atoms with van der Waals surface area (Å²) in [4.78, 5) is 0. The number of rotatable bonds is 4. The maximum Gasteiger partial charge on any atom is 0.0102 e. The molecule has 4 rings (SSSR count). The Hall–Kier alpha value is -2.08. The smallest absolute Gasteiger partial charge is 0.0102 e. The summed E-state index contributed by atoms with van der Waals surface area (Å²) in [5.74, 6) is 0.586. The molecule has 2 aromatic carbocycles. The molecule has 0 unspecified atom stereocenters. The van der Waals surface area contributed by atoms with Gasteiger partial charge in [-0.05, 0) is 54.9 Å². The molecule has 110 valence electrons. The van der Waals surface area contributed by atoms with Crippen molar-refractivity contribution < 1.29 is 0 Å². The Labute approximate surface area is 133 Å². The van der Waals surface area contributed by atoms with Crippen molar-refractivity contribution in [1.82, 2.24) is 0 Å². The van der Waals surface area contributed by atoms with Crippen LogP contribution < -0.4 is 0 Å². The summed E-state index contributed by atoms with van der Waals surface area (Å²) in [5, 5.41) is 0. The van der Waals surface area contributed by atoms with Crippen molar-refractivity contribution in [1.29, 1.82) is 0 Å². The lowest BCUT2D eigenvalue weighted by Crippen LogP contribution is -1.97. The molecule has 0 N–H and O–H groups in total. The van der Waals surface area contributed by atoms with E-state index >= 15 is 0 Å². The van der Waals surface area contributed by atoms with Crippen molar-refractivity contribution in [2.75, 3.05) is 0 Å². The average Bonchev–Trinajstić information content (AvgIpc) is 3.10. The van der Waals surface area contributed by atoms with E-state index < -0.39 is 0 Å². The zero-order chi connectivity index (χ0) is 14.9. The molecule has 0 amide bonds. The van der Waals surface area contributed by atoms with Gasteiger partial charge in [-0.25, -0.2) is 0 Å². The van der Waals surface area contributed by atoms with Crippen LogP contribution in [0, 0.1) is 0 Å². The molecule has 2 aliphatic rings. The fourth-order valence-corrected chi connectivity index (χ4v) is 4.05. The van der Waals surface area contributed by atoms with Gasteiger partial charge in [-0.3, -0.25) is 0 Å². The van der Waals surface area contributed by atoms with E-state index in [0.717, 1.165) is 0 Å². The second-order valence-electron chi connectivity index (χ2n) is 6.51. The van der Waals surface area contributed by atoms with Crippen LogP contribution in [0.15, 0.2) is 71.8 Å². The molecule has 0 heteroatoms. The van der Waals surface area contributed by atoms with E-state index in [1.54, 1.807) is 5.57 Å². The van der Waals surface area contributed by atoms with Crippen molar-refractivity contribution in [3.8, 4) is 11.1 Å². The van der Waals surface area contributed by atoms with Crippen LogP contribution in [0.25, 0.3) is 11.1 Å². The second kappa shape index (κ2) is 5.61. The van der Waals surface area contributed by atoms with Gasteiger partial charge in [0.15, 0.2) is 0 Å². The van der Waals surface area contributed by atoms with Crippen molar-refractivity contribution in [3.05, 3.63) is 83.0 Å². The van der Waals surface area contributed by atoms with E-state index in [0.29, 0.717) is 5.92 Å². The summed E-state index contributed by atoms with van der Waals surface area (Å²) in [6.45, 7) is 2.25. The molecule has 0 atom stereocenters. The van der Waals surface area contributed by atoms with Gasteiger partial charge in [-0.2, -0.15) is 0 Å². The van der Waals surface area contributed by atoms with Crippen molar-refractivity contribution in [3.63, 3.8) is 0 Å². The monoisotopic (exact) mass is 286 g/mol. The molecule has 0 bridgehead atoms. The highest BCUT2D eigenvalue weighted by Gasteiger charge is 2.27. The topological polar surface area (TPSA) is 0 Å². The molecule has 0 heterocycles. The first-order valence-corrected chi connectivity index (χ1v) is 8.38. The zero-order valence-electron chi connectivity index (χ0n) is 13.2. The van der Waals surface area contributed by atoms with Crippen LogP contribution in [0.5, 0.6) is 0 Å². The lowest BCUT2D eigenvalue weighted by Gasteiger charge is -2.14. The number of hydrogen-bond acceptors (Lipinski definition) is 0. The number of allylic oxidation sites excluding steroid dienone is 4. The van der Waals surface area contributed by atoms with E-state index in [1.165, 1.54) is 53.5 Å². The van der Waals surface area contributed by atoms with Gasteiger partial charge >= 0.3 is 0 Å². The molecule has 2 aromatic rings. The van der Waals surface area contributed by atoms with Crippen molar-refractivity contribution in [2.24, 2.45) is 0 Å². The van der Waals surface area contributed by atoms with Crippen LogP contribution in [0.3, 0.4) is 0 Å². The number of benzene rings is 2. The van der Waals surface area contributed by atoms with Gasteiger partial charge in [-0.1, -0.05) is 71.8 Å². The molecule has 0 spiro atoms. The number of hydrogen-bond donors (Lipinski definition) is 0. The van der Waals surface area contributed by atoms with Crippen LogP contribution in [-0.4, -0.2) is 0 Å². The molecule has 0 saturated carbocycles. The molecule has 0 saturated heterocycles. The van der Waals surface area contributed by atoms with E-state index in [2.05, 4.69) is 67.6 Å². The second-order valence-corrected chi connectivity index (χ2v) is 6.51. The summed E-state index contributed by atoms with van der Waals surface area (Å²) in [7, 11) is 0. The van der Waals surface area contributed by atoms with E-state index in [9.17, 15) is 0 Å². The molecular weight excluding hydrogens is 264 g/mol. The third-order valence-corrected chi connectivity index (χ3v) is 5.22. The maximum absolute atomic E-state index is 2.32. The summed E-state index contributed by atoms with van der Waals surface area (Å²) in [6.07, 6.45) is 9.52. The summed E-state index contributed by atoms with van der Waals surface area (Å²) in [6, 6.07) is 17.9. The van der Waals surface area contributed by atoms with Crippen molar-refractivity contribution >= 4 is 0 Å². The van der Waals surface area contributed by atoms with E-state index in [-0.39, 0.29) is 0 Å². The highest BCUT2D eigenvalue weighted by atomic mass is 14.3. The summed E-state index contributed by atoms with van der Waals surface area (Å²) in [5.41, 5.74) is 9.08. The predicted molar refractivity (Wildman–Crippen MR) is 94.0 cm³/mol.